The van der Waals surface area contributed by atoms with Gasteiger partial charge < -0.3 is 5.32 Å². The minimum absolute atomic E-state index is 0.188. The normalized spacial score (nSPS) is 15.5. The average Bonchev–Trinajstić information content (AvgIpc) is 2.71. The van der Waals surface area contributed by atoms with E-state index in [4.69, 9.17) is 11.6 Å². The number of nitrogens with zero attached hydrogens (tertiary/aromatic N) is 2. The van der Waals surface area contributed by atoms with E-state index in [1.54, 1.807) is 0 Å². The summed E-state index contributed by atoms with van der Waals surface area (Å²) in [6.45, 7) is 0. The summed E-state index contributed by atoms with van der Waals surface area (Å²) in [5, 5.41) is 3.36. The molecule has 0 saturated carbocycles. The van der Waals surface area contributed by atoms with Gasteiger partial charge in [-0.2, -0.15) is 0 Å². The van der Waals surface area contributed by atoms with Gasteiger partial charge >= 0.3 is 0 Å². The Kier molecular flexibility index (Phi) is 2.97. The lowest BCUT2D eigenvalue weighted by Gasteiger charge is -2.13. The second kappa shape index (κ2) is 4.40. The van der Waals surface area contributed by atoms with Crippen molar-refractivity contribution < 1.29 is 4.79 Å². The topological polar surface area (TPSA) is 54.9 Å². The Hall–Kier alpha value is -1.42. The van der Waals surface area contributed by atoms with Crippen LogP contribution in [0.2, 0.25) is 5.15 Å². The Labute approximate surface area is 92.4 Å². The third kappa shape index (κ3) is 2.15. The second-order valence-electron chi connectivity index (χ2n) is 3.33. The Bertz CT molecular complexity index is 398. The summed E-state index contributed by atoms with van der Waals surface area (Å²) in [7, 11) is 0. The van der Waals surface area contributed by atoms with Crippen LogP contribution in [-0.2, 0) is 0 Å². The molecule has 1 aliphatic carbocycles. The standard InChI is InChI=1S/C10H10ClN3O/c11-9-8(5-15)10(13-6-12-9)14-7-3-1-2-4-7/h1-2,5-7H,3-4H2,(H,12,13,14). The Morgan fingerprint density at radius 1 is 1.40 bits per heavy atom. The first-order chi connectivity index (χ1) is 7.31. The zero-order valence-electron chi connectivity index (χ0n) is 7.98. The van der Waals surface area contributed by atoms with Crippen molar-refractivity contribution in [1.82, 2.24) is 9.97 Å². The molecule has 0 radical (unpaired) electrons. The number of aldehydes is 1. The van der Waals surface area contributed by atoms with E-state index in [-0.39, 0.29) is 5.15 Å². The van der Waals surface area contributed by atoms with Gasteiger partial charge in [-0.05, 0) is 12.8 Å². The van der Waals surface area contributed by atoms with Gasteiger partial charge in [0.15, 0.2) is 6.29 Å². The van der Waals surface area contributed by atoms with E-state index in [0.717, 1.165) is 12.8 Å². The Balaban J connectivity index is 2.19. The molecule has 1 aliphatic rings. The van der Waals surface area contributed by atoms with E-state index >= 15 is 0 Å². The minimum Gasteiger partial charge on any atom is -0.366 e. The van der Waals surface area contributed by atoms with Gasteiger partial charge in [0.25, 0.3) is 0 Å². The SMILES string of the molecule is O=Cc1c(Cl)ncnc1NC1CC=CC1. The fourth-order valence-corrected chi connectivity index (χ4v) is 1.70. The van der Waals surface area contributed by atoms with Crippen LogP contribution in [0.1, 0.15) is 23.2 Å². The third-order valence-corrected chi connectivity index (χ3v) is 2.60. The van der Waals surface area contributed by atoms with E-state index in [1.807, 2.05) is 0 Å². The molecule has 0 spiro atoms. The maximum atomic E-state index is 10.8. The van der Waals surface area contributed by atoms with Crippen molar-refractivity contribution in [2.45, 2.75) is 18.9 Å². The van der Waals surface area contributed by atoms with Crippen LogP contribution < -0.4 is 5.32 Å². The molecular formula is C10H10ClN3O. The number of anilines is 1. The number of hydrogen-bond acceptors (Lipinski definition) is 4. The molecule has 1 aromatic heterocycles. The molecule has 78 valence electrons. The molecule has 15 heavy (non-hydrogen) atoms. The molecule has 0 aromatic carbocycles. The molecule has 0 aliphatic heterocycles. The molecular weight excluding hydrogens is 214 g/mol. The van der Waals surface area contributed by atoms with Crippen molar-refractivity contribution in [3.05, 3.63) is 29.2 Å². The van der Waals surface area contributed by atoms with Crippen LogP contribution in [0, 0.1) is 0 Å². The maximum Gasteiger partial charge on any atom is 0.156 e. The average molecular weight is 224 g/mol. The van der Waals surface area contributed by atoms with Crippen LogP contribution in [0.4, 0.5) is 5.82 Å². The maximum absolute atomic E-state index is 10.8. The number of carbonyl (C=O) groups is 1. The van der Waals surface area contributed by atoms with Crippen molar-refractivity contribution in [2.24, 2.45) is 0 Å². The largest absolute Gasteiger partial charge is 0.366 e. The number of nitrogens with one attached hydrogen (secondary N) is 1. The second-order valence-corrected chi connectivity index (χ2v) is 3.69. The molecule has 0 unspecified atom stereocenters. The fraction of sp³-hybridized carbons (Fsp3) is 0.300. The molecule has 4 nitrogen and oxygen atoms in total. The summed E-state index contributed by atoms with van der Waals surface area (Å²) in [5.41, 5.74) is 0.325. The van der Waals surface area contributed by atoms with Crippen LogP contribution in [0.5, 0.6) is 0 Å². The Morgan fingerprint density at radius 2 is 2.13 bits per heavy atom. The van der Waals surface area contributed by atoms with Gasteiger partial charge in [-0.25, -0.2) is 9.97 Å². The van der Waals surface area contributed by atoms with E-state index in [1.165, 1.54) is 6.33 Å². The monoisotopic (exact) mass is 223 g/mol. The first kappa shape index (κ1) is 10.1. The number of hydrogen-bond donors (Lipinski definition) is 1. The minimum atomic E-state index is 0.188. The van der Waals surface area contributed by atoms with E-state index in [9.17, 15) is 4.79 Å². The van der Waals surface area contributed by atoms with Crippen molar-refractivity contribution in [3.63, 3.8) is 0 Å². The lowest BCUT2D eigenvalue weighted by atomic mass is 10.2. The number of aromatic nitrogens is 2. The van der Waals surface area contributed by atoms with Gasteiger partial charge in [-0.3, -0.25) is 4.79 Å². The van der Waals surface area contributed by atoms with Crippen molar-refractivity contribution in [1.29, 1.82) is 0 Å². The predicted octanol–water partition coefficient (Wildman–Crippen LogP) is 2.07. The highest BCUT2D eigenvalue weighted by molar-refractivity contribution is 6.32. The van der Waals surface area contributed by atoms with Gasteiger partial charge in [0.05, 0.1) is 5.56 Å². The fourth-order valence-electron chi connectivity index (χ4n) is 1.52. The molecule has 1 heterocycles. The van der Waals surface area contributed by atoms with Crippen molar-refractivity contribution in [2.75, 3.05) is 5.32 Å². The van der Waals surface area contributed by atoms with Gasteiger partial charge in [0.1, 0.15) is 17.3 Å². The van der Waals surface area contributed by atoms with Crippen LogP contribution in [0.15, 0.2) is 18.5 Å². The Morgan fingerprint density at radius 3 is 2.80 bits per heavy atom. The van der Waals surface area contributed by atoms with Crippen molar-refractivity contribution in [3.8, 4) is 0 Å². The first-order valence-corrected chi connectivity index (χ1v) is 5.06. The lowest BCUT2D eigenvalue weighted by molar-refractivity contribution is 0.112. The molecule has 5 heteroatoms. The van der Waals surface area contributed by atoms with E-state index < -0.39 is 0 Å². The van der Waals surface area contributed by atoms with Gasteiger partial charge in [0.2, 0.25) is 0 Å². The summed E-state index contributed by atoms with van der Waals surface area (Å²) in [5.74, 6) is 0.513. The van der Waals surface area contributed by atoms with Crippen LogP contribution >= 0.6 is 11.6 Å². The highest BCUT2D eigenvalue weighted by Gasteiger charge is 2.14. The summed E-state index contributed by atoms with van der Waals surface area (Å²) in [4.78, 5) is 18.6. The first-order valence-electron chi connectivity index (χ1n) is 4.68. The molecule has 0 amide bonds. The number of carbonyl (C=O) groups excluding carboxylic acids is 1. The molecule has 0 saturated heterocycles. The smallest absolute Gasteiger partial charge is 0.156 e. The van der Waals surface area contributed by atoms with Gasteiger partial charge in [-0.15, -0.1) is 0 Å². The summed E-state index contributed by atoms with van der Waals surface area (Å²) in [6.07, 6.45) is 8.11. The summed E-state index contributed by atoms with van der Waals surface area (Å²) >= 11 is 5.78. The van der Waals surface area contributed by atoms with Crippen molar-refractivity contribution >= 4 is 23.7 Å². The molecule has 1 N–H and O–H groups in total. The van der Waals surface area contributed by atoms with Crippen LogP contribution in [-0.4, -0.2) is 22.3 Å². The third-order valence-electron chi connectivity index (χ3n) is 2.30. The molecule has 0 atom stereocenters. The highest BCUT2D eigenvalue weighted by Crippen LogP contribution is 2.21. The summed E-state index contributed by atoms with van der Waals surface area (Å²) < 4.78 is 0. The van der Waals surface area contributed by atoms with Gasteiger partial charge in [-0.1, -0.05) is 23.8 Å². The molecule has 0 fully saturated rings. The summed E-state index contributed by atoms with van der Waals surface area (Å²) in [6, 6.07) is 0.301. The highest BCUT2D eigenvalue weighted by atomic mass is 35.5. The predicted molar refractivity (Wildman–Crippen MR) is 58.2 cm³/mol. The number of rotatable bonds is 3. The van der Waals surface area contributed by atoms with Crippen LogP contribution in [0.25, 0.3) is 0 Å². The van der Waals surface area contributed by atoms with Gasteiger partial charge in [0, 0.05) is 6.04 Å². The quantitative estimate of drug-likeness (QED) is 0.484. The molecule has 0 bridgehead atoms. The lowest BCUT2D eigenvalue weighted by Crippen LogP contribution is -2.17. The number of halogens is 1. The van der Waals surface area contributed by atoms with Crippen LogP contribution in [0.3, 0.4) is 0 Å². The molecule has 1 aromatic rings. The zero-order valence-corrected chi connectivity index (χ0v) is 8.74. The molecule has 2 rings (SSSR count). The van der Waals surface area contributed by atoms with E-state index in [2.05, 4.69) is 27.4 Å². The zero-order chi connectivity index (χ0) is 10.7. The van der Waals surface area contributed by atoms with E-state index in [0.29, 0.717) is 23.7 Å².